The summed E-state index contributed by atoms with van der Waals surface area (Å²) in [6, 6.07) is 3.55. The Kier molecular flexibility index (Phi) is 4.92. The topological polar surface area (TPSA) is 80.9 Å². The van der Waals surface area contributed by atoms with E-state index in [1.165, 1.54) is 29.2 Å². The number of halogens is 2. The number of hydrogen-bond acceptors (Lipinski definition) is 7. The van der Waals surface area contributed by atoms with Crippen LogP contribution in [0.3, 0.4) is 0 Å². The summed E-state index contributed by atoms with van der Waals surface area (Å²) < 4.78 is 31.9. The van der Waals surface area contributed by atoms with E-state index in [0.29, 0.717) is 33.4 Å². The second-order valence-corrected chi connectivity index (χ2v) is 8.25. The largest absolute Gasteiger partial charge is 0.416 e. The highest BCUT2D eigenvalue weighted by Crippen LogP contribution is 2.40. The molecule has 1 aromatic carbocycles. The number of carbonyl (C=O) groups excluding carboxylic acids is 1. The number of benzene rings is 1. The summed E-state index contributed by atoms with van der Waals surface area (Å²) >= 11 is 2.38. The maximum atomic E-state index is 13.4. The summed E-state index contributed by atoms with van der Waals surface area (Å²) in [4.78, 5) is 16.6. The van der Waals surface area contributed by atoms with E-state index in [2.05, 4.69) is 20.5 Å². The molecule has 140 valence electrons. The maximum absolute atomic E-state index is 13.4. The summed E-state index contributed by atoms with van der Waals surface area (Å²) in [7, 11) is 0. The van der Waals surface area contributed by atoms with Gasteiger partial charge in [-0.15, -0.1) is 21.5 Å². The molecule has 10 heteroatoms. The fourth-order valence-corrected chi connectivity index (χ4v) is 3.71. The highest BCUT2D eigenvalue weighted by atomic mass is 32.2. The van der Waals surface area contributed by atoms with Gasteiger partial charge in [-0.05, 0) is 38.0 Å². The Morgan fingerprint density at radius 1 is 1.33 bits per heavy atom. The van der Waals surface area contributed by atoms with E-state index >= 15 is 0 Å². The lowest BCUT2D eigenvalue weighted by molar-refractivity contribution is -0.115. The van der Waals surface area contributed by atoms with E-state index in [4.69, 9.17) is 4.42 Å². The molecule has 1 aliphatic rings. The molecule has 1 aliphatic carbocycles. The number of amides is 1. The van der Waals surface area contributed by atoms with Crippen molar-refractivity contribution in [1.82, 2.24) is 15.2 Å². The van der Waals surface area contributed by atoms with E-state index in [1.807, 2.05) is 0 Å². The first-order chi connectivity index (χ1) is 13.0. The standard InChI is InChI=1S/C17H14F2N4O2S2/c1-8(27-17-23-22-15(25-17)9-2-3-9)14(24)21-16-20-13(7-26-16)10-4-5-11(18)12(19)6-10/h4-9H,2-3H2,1H3,(H,20,21,24). The Labute approximate surface area is 161 Å². The van der Waals surface area contributed by atoms with Gasteiger partial charge in [-0.25, -0.2) is 13.8 Å². The minimum atomic E-state index is -0.943. The van der Waals surface area contributed by atoms with Gasteiger partial charge in [0.25, 0.3) is 5.22 Å². The summed E-state index contributed by atoms with van der Waals surface area (Å²) in [5.74, 6) is -1.14. The van der Waals surface area contributed by atoms with Crippen molar-refractivity contribution >= 4 is 34.1 Å². The summed E-state index contributed by atoms with van der Waals surface area (Å²) in [6.45, 7) is 1.73. The highest BCUT2D eigenvalue weighted by Gasteiger charge is 2.30. The number of thioether (sulfide) groups is 1. The molecule has 0 spiro atoms. The summed E-state index contributed by atoms with van der Waals surface area (Å²) in [5.41, 5.74) is 0.895. The lowest BCUT2D eigenvalue weighted by atomic mass is 10.2. The van der Waals surface area contributed by atoms with E-state index in [-0.39, 0.29) is 5.91 Å². The van der Waals surface area contributed by atoms with Gasteiger partial charge in [0.2, 0.25) is 11.8 Å². The van der Waals surface area contributed by atoms with Crippen molar-refractivity contribution in [2.75, 3.05) is 5.32 Å². The Morgan fingerprint density at radius 2 is 2.15 bits per heavy atom. The normalized spacial score (nSPS) is 14.9. The Bertz CT molecular complexity index is 987. The average Bonchev–Trinajstić information content (AvgIpc) is 3.21. The molecule has 0 aliphatic heterocycles. The lowest BCUT2D eigenvalue weighted by Gasteiger charge is -2.07. The molecule has 0 saturated heterocycles. The van der Waals surface area contributed by atoms with Crippen LogP contribution in [0.4, 0.5) is 13.9 Å². The smallest absolute Gasteiger partial charge is 0.277 e. The molecule has 2 aromatic heterocycles. The predicted molar refractivity (Wildman–Crippen MR) is 97.7 cm³/mol. The Morgan fingerprint density at radius 3 is 2.89 bits per heavy atom. The number of nitrogens with zero attached hydrogens (tertiary/aromatic N) is 3. The molecule has 1 fully saturated rings. The molecule has 27 heavy (non-hydrogen) atoms. The lowest BCUT2D eigenvalue weighted by Crippen LogP contribution is -2.22. The minimum absolute atomic E-state index is 0.266. The molecule has 1 amide bonds. The van der Waals surface area contributed by atoms with Gasteiger partial charge in [-0.2, -0.15) is 0 Å². The highest BCUT2D eigenvalue weighted by molar-refractivity contribution is 8.00. The molecule has 4 rings (SSSR count). The van der Waals surface area contributed by atoms with Gasteiger partial charge in [0, 0.05) is 16.9 Å². The fraction of sp³-hybridized carbons (Fsp3) is 0.294. The molecule has 1 unspecified atom stereocenters. The van der Waals surface area contributed by atoms with Crippen LogP contribution >= 0.6 is 23.1 Å². The number of nitrogens with one attached hydrogen (secondary N) is 1. The quantitative estimate of drug-likeness (QED) is 0.606. The number of carbonyl (C=O) groups is 1. The fourth-order valence-electron chi connectivity index (χ4n) is 2.29. The van der Waals surface area contributed by atoms with Gasteiger partial charge >= 0.3 is 0 Å². The van der Waals surface area contributed by atoms with Gasteiger partial charge in [0.05, 0.1) is 10.9 Å². The van der Waals surface area contributed by atoms with Crippen molar-refractivity contribution in [3.8, 4) is 11.3 Å². The van der Waals surface area contributed by atoms with E-state index in [1.54, 1.807) is 12.3 Å². The molecule has 1 saturated carbocycles. The van der Waals surface area contributed by atoms with E-state index < -0.39 is 16.9 Å². The second-order valence-electron chi connectivity index (χ2n) is 6.10. The molecular formula is C17H14F2N4O2S2. The van der Waals surface area contributed by atoms with Gasteiger partial charge < -0.3 is 9.73 Å². The molecule has 3 aromatic rings. The molecule has 1 atom stereocenters. The second kappa shape index (κ2) is 7.35. The van der Waals surface area contributed by atoms with Gasteiger partial charge in [0.15, 0.2) is 16.8 Å². The first-order valence-electron chi connectivity index (χ1n) is 8.21. The van der Waals surface area contributed by atoms with Gasteiger partial charge in [-0.1, -0.05) is 11.8 Å². The third kappa shape index (κ3) is 4.16. The van der Waals surface area contributed by atoms with Crippen molar-refractivity contribution in [2.24, 2.45) is 0 Å². The van der Waals surface area contributed by atoms with Crippen molar-refractivity contribution in [1.29, 1.82) is 0 Å². The van der Waals surface area contributed by atoms with Crippen LogP contribution in [0.25, 0.3) is 11.3 Å². The van der Waals surface area contributed by atoms with Crippen molar-refractivity contribution in [3.63, 3.8) is 0 Å². The van der Waals surface area contributed by atoms with E-state index in [9.17, 15) is 13.6 Å². The van der Waals surface area contributed by atoms with Crippen LogP contribution in [0, 0.1) is 11.6 Å². The molecule has 0 bridgehead atoms. The third-order valence-electron chi connectivity index (χ3n) is 3.95. The van der Waals surface area contributed by atoms with Crippen molar-refractivity contribution in [3.05, 3.63) is 41.1 Å². The average molecular weight is 408 g/mol. The van der Waals surface area contributed by atoms with Crippen LogP contribution in [-0.2, 0) is 4.79 Å². The molecular weight excluding hydrogens is 394 g/mol. The van der Waals surface area contributed by atoms with Gasteiger partial charge in [0.1, 0.15) is 0 Å². The zero-order valence-corrected chi connectivity index (χ0v) is 15.7. The molecule has 6 nitrogen and oxygen atoms in total. The number of aromatic nitrogens is 3. The Hall–Kier alpha value is -2.33. The predicted octanol–water partition coefficient (Wildman–Crippen LogP) is 4.47. The van der Waals surface area contributed by atoms with Crippen LogP contribution in [0.15, 0.2) is 33.2 Å². The van der Waals surface area contributed by atoms with E-state index in [0.717, 1.165) is 25.0 Å². The summed E-state index contributed by atoms with van der Waals surface area (Å²) in [6.07, 6.45) is 2.12. The number of anilines is 1. The third-order valence-corrected chi connectivity index (χ3v) is 5.64. The SMILES string of the molecule is CC(Sc1nnc(C2CC2)o1)C(=O)Nc1nc(-c2ccc(F)c(F)c2)cs1. The van der Waals surface area contributed by atoms with Crippen LogP contribution < -0.4 is 5.32 Å². The number of hydrogen-bond donors (Lipinski definition) is 1. The van der Waals surface area contributed by atoms with Crippen LogP contribution in [0.2, 0.25) is 0 Å². The first-order valence-corrected chi connectivity index (χ1v) is 9.97. The minimum Gasteiger partial charge on any atom is -0.416 e. The monoisotopic (exact) mass is 408 g/mol. The number of thiazole rings is 1. The van der Waals surface area contributed by atoms with Crippen LogP contribution in [-0.4, -0.2) is 26.3 Å². The van der Waals surface area contributed by atoms with Crippen LogP contribution in [0.1, 0.15) is 31.6 Å². The zero-order valence-electron chi connectivity index (χ0n) is 14.1. The van der Waals surface area contributed by atoms with Crippen molar-refractivity contribution < 1.29 is 18.0 Å². The molecule has 1 N–H and O–H groups in total. The first kappa shape index (κ1) is 18.1. The van der Waals surface area contributed by atoms with Crippen LogP contribution in [0.5, 0.6) is 0 Å². The molecule has 2 heterocycles. The molecule has 0 radical (unpaired) electrons. The maximum Gasteiger partial charge on any atom is 0.277 e. The van der Waals surface area contributed by atoms with Gasteiger partial charge in [-0.3, -0.25) is 4.79 Å². The number of rotatable bonds is 6. The zero-order chi connectivity index (χ0) is 19.0. The Balaban J connectivity index is 1.38. The summed E-state index contributed by atoms with van der Waals surface area (Å²) in [5, 5.41) is 12.6. The van der Waals surface area contributed by atoms with Crippen molar-refractivity contribution in [2.45, 2.75) is 36.2 Å².